The van der Waals surface area contributed by atoms with Crippen LogP contribution in [0.25, 0.3) is 0 Å². The monoisotopic (exact) mass is 218 g/mol. The SMILES string of the molecule is Cc1ccc(CC2NCCN(C)C2C)cc1. The molecule has 0 saturated carbocycles. The molecule has 2 nitrogen and oxygen atoms in total. The summed E-state index contributed by atoms with van der Waals surface area (Å²) in [7, 11) is 2.22. The van der Waals surface area contributed by atoms with Gasteiger partial charge in [-0.3, -0.25) is 0 Å². The van der Waals surface area contributed by atoms with E-state index in [0.717, 1.165) is 19.5 Å². The third kappa shape index (κ3) is 2.63. The van der Waals surface area contributed by atoms with E-state index in [2.05, 4.69) is 55.4 Å². The fourth-order valence-electron chi connectivity index (χ4n) is 2.33. The van der Waals surface area contributed by atoms with E-state index in [1.807, 2.05) is 0 Å². The van der Waals surface area contributed by atoms with Gasteiger partial charge in [0.25, 0.3) is 0 Å². The molecule has 16 heavy (non-hydrogen) atoms. The van der Waals surface area contributed by atoms with Crippen LogP contribution in [0.5, 0.6) is 0 Å². The van der Waals surface area contributed by atoms with Crippen molar-refractivity contribution in [3.8, 4) is 0 Å². The first kappa shape index (κ1) is 11.6. The van der Waals surface area contributed by atoms with E-state index in [-0.39, 0.29) is 0 Å². The summed E-state index contributed by atoms with van der Waals surface area (Å²) in [6.07, 6.45) is 1.13. The number of benzene rings is 1. The van der Waals surface area contributed by atoms with Crippen LogP contribution in [-0.4, -0.2) is 37.1 Å². The first-order valence-electron chi connectivity index (χ1n) is 6.16. The standard InChI is InChI=1S/C14H22N2/c1-11-4-6-13(7-5-11)10-14-12(2)16(3)9-8-15-14/h4-7,12,14-15H,8-10H2,1-3H3. The maximum atomic E-state index is 3.62. The van der Waals surface area contributed by atoms with Crippen LogP contribution in [0.1, 0.15) is 18.1 Å². The van der Waals surface area contributed by atoms with Crippen LogP contribution in [0, 0.1) is 6.92 Å². The zero-order valence-corrected chi connectivity index (χ0v) is 10.5. The molecule has 1 aliphatic rings. The summed E-state index contributed by atoms with van der Waals surface area (Å²) in [5.74, 6) is 0. The maximum absolute atomic E-state index is 3.62. The summed E-state index contributed by atoms with van der Waals surface area (Å²) < 4.78 is 0. The molecule has 2 atom stereocenters. The quantitative estimate of drug-likeness (QED) is 0.814. The molecule has 0 aromatic heterocycles. The fourth-order valence-corrected chi connectivity index (χ4v) is 2.33. The maximum Gasteiger partial charge on any atom is 0.0261 e. The van der Waals surface area contributed by atoms with Crippen molar-refractivity contribution in [1.82, 2.24) is 10.2 Å². The second-order valence-corrected chi connectivity index (χ2v) is 4.97. The van der Waals surface area contributed by atoms with Crippen molar-refractivity contribution >= 4 is 0 Å². The molecule has 1 saturated heterocycles. The average molecular weight is 218 g/mol. The number of rotatable bonds is 2. The van der Waals surface area contributed by atoms with Gasteiger partial charge in [-0.05, 0) is 32.9 Å². The summed E-state index contributed by atoms with van der Waals surface area (Å²) in [5.41, 5.74) is 2.77. The number of aryl methyl sites for hydroxylation is 1. The largest absolute Gasteiger partial charge is 0.311 e. The van der Waals surface area contributed by atoms with Crippen LogP contribution in [0.15, 0.2) is 24.3 Å². The van der Waals surface area contributed by atoms with E-state index in [1.54, 1.807) is 0 Å². The van der Waals surface area contributed by atoms with Crippen LogP contribution in [0.2, 0.25) is 0 Å². The van der Waals surface area contributed by atoms with Gasteiger partial charge in [-0.1, -0.05) is 29.8 Å². The molecule has 88 valence electrons. The molecule has 1 aliphatic heterocycles. The van der Waals surface area contributed by atoms with Crippen LogP contribution < -0.4 is 5.32 Å². The van der Waals surface area contributed by atoms with Crippen molar-refractivity contribution in [1.29, 1.82) is 0 Å². The van der Waals surface area contributed by atoms with Gasteiger partial charge in [0.2, 0.25) is 0 Å². The van der Waals surface area contributed by atoms with Crippen molar-refractivity contribution in [3.05, 3.63) is 35.4 Å². The molecule has 0 spiro atoms. The number of likely N-dealkylation sites (N-methyl/N-ethyl adjacent to an activating group) is 1. The minimum absolute atomic E-state index is 0.585. The van der Waals surface area contributed by atoms with E-state index in [9.17, 15) is 0 Å². The Labute approximate surface area is 98.7 Å². The Morgan fingerprint density at radius 1 is 1.31 bits per heavy atom. The highest BCUT2D eigenvalue weighted by molar-refractivity contribution is 5.22. The summed E-state index contributed by atoms with van der Waals surface area (Å²) in [4.78, 5) is 2.44. The van der Waals surface area contributed by atoms with E-state index in [1.165, 1.54) is 11.1 Å². The summed E-state index contributed by atoms with van der Waals surface area (Å²) in [6, 6.07) is 10.1. The molecule has 1 fully saturated rings. The molecule has 1 aromatic carbocycles. The minimum Gasteiger partial charge on any atom is -0.311 e. The van der Waals surface area contributed by atoms with E-state index in [0.29, 0.717) is 12.1 Å². The van der Waals surface area contributed by atoms with E-state index < -0.39 is 0 Å². The van der Waals surface area contributed by atoms with Gasteiger partial charge in [0.1, 0.15) is 0 Å². The van der Waals surface area contributed by atoms with Gasteiger partial charge in [-0.2, -0.15) is 0 Å². The van der Waals surface area contributed by atoms with Gasteiger partial charge in [0.15, 0.2) is 0 Å². The smallest absolute Gasteiger partial charge is 0.0261 e. The van der Waals surface area contributed by atoms with Gasteiger partial charge < -0.3 is 10.2 Å². The molecule has 0 bridgehead atoms. The highest BCUT2D eigenvalue weighted by atomic mass is 15.2. The highest BCUT2D eigenvalue weighted by Crippen LogP contribution is 2.13. The zero-order chi connectivity index (χ0) is 11.5. The number of nitrogens with one attached hydrogen (secondary N) is 1. The van der Waals surface area contributed by atoms with Gasteiger partial charge in [-0.15, -0.1) is 0 Å². The Bertz CT molecular complexity index is 331. The predicted molar refractivity (Wildman–Crippen MR) is 68.8 cm³/mol. The van der Waals surface area contributed by atoms with Crippen molar-refractivity contribution < 1.29 is 0 Å². The average Bonchev–Trinajstić information content (AvgIpc) is 2.28. The van der Waals surface area contributed by atoms with Gasteiger partial charge in [0.05, 0.1) is 0 Å². The van der Waals surface area contributed by atoms with E-state index >= 15 is 0 Å². The van der Waals surface area contributed by atoms with Crippen LogP contribution in [-0.2, 0) is 6.42 Å². The molecule has 0 aliphatic carbocycles. The Morgan fingerprint density at radius 2 is 2.00 bits per heavy atom. The van der Waals surface area contributed by atoms with Crippen molar-refractivity contribution in [2.45, 2.75) is 32.4 Å². The molecular weight excluding hydrogens is 196 g/mol. The summed E-state index contributed by atoms with van der Waals surface area (Å²) in [5, 5.41) is 3.62. The Morgan fingerprint density at radius 3 is 2.69 bits per heavy atom. The number of hydrogen-bond donors (Lipinski definition) is 1. The zero-order valence-electron chi connectivity index (χ0n) is 10.5. The Kier molecular flexibility index (Phi) is 3.62. The molecule has 1 N–H and O–H groups in total. The predicted octanol–water partition coefficient (Wildman–Crippen LogP) is 1.83. The van der Waals surface area contributed by atoms with Crippen molar-refractivity contribution in [2.75, 3.05) is 20.1 Å². The normalized spacial score (nSPS) is 26.9. The third-order valence-electron chi connectivity index (χ3n) is 3.72. The van der Waals surface area contributed by atoms with Crippen LogP contribution in [0.3, 0.4) is 0 Å². The number of nitrogens with zero attached hydrogens (tertiary/aromatic N) is 1. The lowest BCUT2D eigenvalue weighted by atomic mass is 9.97. The van der Waals surface area contributed by atoms with Crippen molar-refractivity contribution in [2.24, 2.45) is 0 Å². The van der Waals surface area contributed by atoms with Crippen LogP contribution in [0.4, 0.5) is 0 Å². The first-order valence-corrected chi connectivity index (χ1v) is 6.16. The fraction of sp³-hybridized carbons (Fsp3) is 0.571. The molecular formula is C14H22N2. The highest BCUT2D eigenvalue weighted by Gasteiger charge is 2.24. The van der Waals surface area contributed by atoms with E-state index in [4.69, 9.17) is 0 Å². The summed E-state index contributed by atoms with van der Waals surface area (Å²) >= 11 is 0. The molecule has 2 unspecified atom stereocenters. The van der Waals surface area contributed by atoms with Gasteiger partial charge in [-0.25, -0.2) is 0 Å². The molecule has 2 heteroatoms. The lowest BCUT2D eigenvalue weighted by Gasteiger charge is -2.38. The Hall–Kier alpha value is -0.860. The molecule has 1 heterocycles. The van der Waals surface area contributed by atoms with Crippen LogP contribution >= 0.6 is 0 Å². The topological polar surface area (TPSA) is 15.3 Å². The number of piperazine rings is 1. The van der Waals surface area contributed by atoms with Gasteiger partial charge in [0, 0.05) is 25.2 Å². The number of hydrogen-bond acceptors (Lipinski definition) is 2. The van der Waals surface area contributed by atoms with Crippen molar-refractivity contribution in [3.63, 3.8) is 0 Å². The minimum atomic E-state index is 0.585. The molecule has 0 radical (unpaired) electrons. The first-order chi connectivity index (χ1) is 7.66. The lowest BCUT2D eigenvalue weighted by Crippen LogP contribution is -2.55. The second-order valence-electron chi connectivity index (χ2n) is 4.97. The molecule has 2 rings (SSSR count). The Balaban J connectivity index is 2.00. The molecule has 0 amide bonds. The summed E-state index contributed by atoms with van der Waals surface area (Å²) in [6.45, 7) is 6.72. The third-order valence-corrected chi connectivity index (χ3v) is 3.72. The molecule has 1 aromatic rings. The second kappa shape index (κ2) is 4.98. The van der Waals surface area contributed by atoms with Gasteiger partial charge >= 0.3 is 0 Å². The lowest BCUT2D eigenvalue weighted by molar-refractivity contribution is 0.163.